The molecule has 0 aliphatic rings. The maximum Gasteiger partial charge on any atom is 0.349 e. The van der Waals surface area contributed by atoms with E-state index in [1.807, 2.05) is 37.5 Å². The van der Waals surface area contributed by atoms with Gasteiger partial charge in [-0.2, -0.15) is 5.26 Å². The molecule has 2 rings (SSSR count). The summed E-state index contributed by atoms with van der Waals surface area (Å²) in [5.74, 6) is -1.39. The van der Waals surface area contributed by atoms with Gasteiger partial charge in [-0.25, -0.2) is 4.79 Å². The van der Waals surface area contributed by atoms with Crippen molar-refractivity contribution < 1.29 is 19.1 Å². The number of benzene rings is 1. The number of ether oxygens (including phenoxy) is 2. The normalized spacial score (nSPS) is 11.1. The van der Waals surface area contributed by atoms with Crippen LogP contribution in [0.2, 0.25) is 5.02 Å². The SMILES string of the molecule is COCCn1c(C)cc(/C=C(\C#N)C(=O)OCC(=O)Nc2ccc(C)c(Cl)c2)c1C. The van der Waals surface area contributed by atoms with Crippen molar-refractivity contribution in [1.29, 1.82) is 5.26 Å². The zero-order valence-electron chi connectivity index (χ0n) is 17.4. The Morgan fingerprint density at radius 3 is 2.63 bits per heavy atom. The van der Waals surface area contributed by atoms with Crippen LogP contribution in [-0.2, 0) is 25.6 Å². The van der Waals surface area contributed by atoms with Crippen LogP contribution in [-0.4, -0.2) is 36.8 Å². The molecule has 1 aromatic carbocycles. The highest BCUT2D eigenvalue weighted by atomic mass is 35.5. The Hall–Kier alpha value is -3.08. The van der Waals surface area contributed by atoms with Gasteiger partial charge in [0.15, 0.2) is 6.61 Å². The number of anilines is 1. The van der Waals surface area contributed by atoms with E-state index in [1.165, 1.54) is 6.08 Å². The summed E-state index contributed by atoms with van der Waals surface area (Å²) in [6, 6.07) is 8.79. The number of aryl methyl sites for hydroxylation is 2. The van der Waals surface area contributed by atoms with Crippen LogP contribution >= 0.6 is 11.6 Å². The van der Waals surface area contributed by atoms with E-state index in [0.29, 0.717) is 23.9 Å². The lowest BCUT2D eigenvalue weighted by Crippen LogP contribution is -2.21. The van der Waals surface area contributed by atoms with E-state index in [9.17, 15) is 14.9 Å². The number of carbonyl (C=O) groups excluding carboxylic acids is 2. The second-order valence-corrected chi connectivity index (χ2v) is 7.14. The first-order valence-corrected chi connectivity index (χ1v) is 9.65. The molecule has 2 aromatic rings. The molecular weight excluding hydrogens is 406 g/mol. The summed E-state index contributed by atoms with van der Waals surface area (Å²) < 4.78 is 12.1. The molecule has 158 valence electrons. The molecular formula is C22H24ClN3O4. The van der Waals surface area contributed by atoms with Gasteiger partial charge in [-0.3, -0.25) is 4.79 Å². The molecule has 7 nitrogen and oxygen atoms in total. The third kappa shape index (κ3) is 5.96. The molecule has 0 aliphatic heterocycles. The van der Waals surface area contributed by atoms with E-state index in [1.54, 1.807) is 25.3 Å². The molecule has 1 N–H and O–H groups in total. The average molecular weight is 430 g/mol. The number of carbonyl (C=O) groups is 2. The van der Waals surface area contributed by atoms with Crippen molar-refractivity contribution in [2.24, 2.45) is 0 Å². The first-order chi connectivity index (χ1) is 14.3. The summed E-state index contributed by atoms with van der Waals surface area (Å²) in [4.78, 5) is 24.3. The van der Waals surface area contributed by atoms with E-state index >= 15 is 0 Å². The second kappa shape index (κ2) is 10.6. The van der Waals surface area contributed by atoms with Crippen LogP contribution in [0.4, 0.5) is 5.69 Å². The summed E-state index contributed by atoms with van der Waals surface area (Å²) in [5.41, 5.74) is 3.80. The molecule has 0 unspecified atom stereocenters. The topological polar surface area (TPSA) is 93.3 Å². The zero-order chi connectivity index (χ0) is 22.3. The largest absolute Gasteiger partial charge is 0.451 e. The number of amides is 1. The summed E-state index contributed by atoms with van der Waals surface area (Å²) in [7, 11) is 1.63. The predicted molar refractivity (Wildman–Crippen MR) is 115 cm³/mol. The van der Waals surface area contributed by atoms with Crippen molar-refractivity contribution in [3.05, 3.63) is 57.4 Å². The highest BCUT2D eigenvalue weighted by Crippen LogP contribution is 2.20. The first kappa shape index (κ1) is 23.2. The fourth-order valence-corrected chi connectivity index (χ4v) is 3.05. The number of halogens is 1. The van der Waals surface area contributed by atoms with Gasteiger partial charge in [-0.05, 0) is 56.2 Å². The Bertz CT molecular complexity index is 1020. The molecule has 0 saturated carbocycles. The Morgan fingerprint density at radius 1 is 1.27 bits per heavy atom. The lowest BCUT2D eigenvalue weighted by atomic mass is 10.1. The smallest absolute Gasteiger partial charge is 0.349 e. The summed E-state index contributed by atoms with van der Waals surface area (Å²) in [6.45, 7) is 6.38. The van der Waals surface area contributed by atoms with Gasteiger partial charge in [-0.15, -0.1) is 0 Å². The Morgan fingerprint density at radius 2 is 2.00 bits per heavy atom. The average Bonchev–Trinajstić information content (AvgIpc) is 2.98. The lowest BCUT2D eigenvalue weighted by molar-refractivity contribution is -0.142. The highest BCUT2D eigenvalue weighted by Gasteiger charge is 2.16. The van der Waals surface area contributed by atoms with E-state index in [2.05, 4.69) is 5.32 Å². The standard InChI is InChI=1S/C22H24ClN3O4/c1-14-5-6-19(11-20(14)23)25-21(27)13-30-22(28)18(12-24)10-17-9-15(2)26(16(17)3)7-8-29-4/h5-6,9-11H,7-8,13H2,1-4H3,(H,25,27)/b18-10+. The minimum Gasteiger partial charge on any atom is -0.451 e. The van der Waals surface area contributed by atoms with Crippen LogP contribution in [0.1, 0.15) is 22.5 Å². The number of nitriles is 1. The number of hydrogen-bond donors (Lipinski definition) is 1. The van der Waals surface area contributed by atoms with E-state index in [-0.39, 0.29) is 5.57 Å². The number of hydrogen-bond acceptors (Lipinski definition) is 5. The molecule has 0 bridgehead atoms. The monoisotopic (exact) mass is 429 g/mol. The molecule has 0 aliphatic carbocycles. The number of rotatable bonds is 8. The Balaban J connectivity index is 2.03. The van der Waals surface area contributed by atoms with Crippen molar-refractivity contribution in [2.75, 3.05) is 25.6 Å². The van der Waals surface area contributed by atoms with Crippen molar-refractivity contribution >= 4 is 35.2 Å². The predicted octanol–water partition coefficient (Wildman–Crippen LogP) is 3.80. The minimum absolute atomic E-state index is 0.187. The fourth-order valence-electron chi connectivity index (χ4n) is 2.87. The van der Waals surface area contributed by atoms with Gasteiger partial charge < -0.3 is 19.4 Å². The van der Waals surface area contributed by atoms with Gasteiger partial charge in [0.1, 0.15) is 11.6 Å². The van der Waals surface area contributed by atoms with Crippen molar-refractivity contribution in [3.63, 3.8) is 0 Å². The number of nitrogens with one attached hydrogen (secondary N) is 1. The summed E-state index contributed by atoms with van der Waals surface area (Å²) in [5, 5.41) is 12.5. The molecule has 8 heteroatoms. The molecule has 0 radical (unpaired) electrons. The second-order valence-electron chi connectivity index (χ2n) is 6.73. The third-order valence-electron chi connectivity index (χ3n) is 4.56. The van der Waals surface area contributed by atoms with Crippen LogP contribution in [0.3, 0.4) is 0 Å². The minimum atomic E-state index is -0.865. The maximum absolute atomic E-state index is 12.3. The Labute approximate surface area is 180 Å². The molecule has 0 spiro atoms. The zero-order valence-corrected chi connectivity index (χ0v) is 18.2. The van der Waals surface area contributed by atoms with Crippen molar-refractivity contribution in [2.45, 2.75) is 27.3 Å². The van der Waals surface area contributed by atoms with Gasteiger partial charge in [0.2, 0.25) is 0 Å². The number of methoxy groups -OCH3 is 1. The van der Waals surface area contributed by atoms with Gasteiger partial charge in [-0.1, -0.05) is 17.7 Å². The number of nitrogens with zero attached hydrogens (tertiary/aromatic N) is 2. The van der Waals surface area contributed by atoms with Crippen LogP contribution in [0, 0.1) is 32.1 Å². The fraction of sp³-hybridized carbons (Fsp3) is 0.318. The van der Waals surface area contributed by atoms with E-state index in [4.69, 9.17) is 21.1 Å². The maximum atomic E-state index is 12.3. The van der Waals surface area contributed by atoms with Crippen molar-refractivity contribution in [1.82, 2.24) is 4.57 Å². The summed E-state index contributed by atoms with van der Waals surface area (Å²) >= 11 is 6.03. The first-order valence-electron chi connectivity index (χ1n) is 9.27. The van der Waals surface area contributed by atoms with Crippen LogP contribution < -0.4 is 5.32 Å². The number of esters is 1. The molecule has 0 fully saturated rings. The van der Waals surface area contributed by atoms with Crippen LogP contribution in [0.25, 0.3) is 6.08 Å². The summed E-state index contributed by atoms with van der Waals surface area (Å²) in [6.07, 6.45) is 1.46. The molecule has 30 heavy (non-hydrogen) atoms. The van der Waals surface area contributed by atoms with Gasteiger partial charge >= 0.3 is 5.97 Å². The third-order valence-corrected chi connectivity index (χ3v) is 4.97. The van der Waals surface area contributed by atoms with E-state index in [0.717, 1.165) is 22.5 Å². The van der Waals surface area contributed by atoms with E-state index < -0.39 is 18.5 Å². The van der Waals surface area contributed by atoms with Crippen LogP contribution in [0.15, 0.2) is 29.8 Å². The quantitative estimate of drug-likeness (QED) is 0.391. The molecule has 1 amide bonds. The highest BCUT2D eigenvalue weighted by molar-refractivity contribution is 6.31. The molecule has 1 heterocycles. The van der Waals surface area contributed by atoms with Gasteiger partial charge in [0, 0.05) is 35.8 Å². The number of aromatic nitrogens is 1. The molecule has 1 aromatic heterocycles. The van der Waals surface area contributed by atoms with Crippen LogP contribution in [0.5, 0.6) is 0 Å². The van der Waals surface area contributed by atoms with Crippen molar-refractivity contribution in [3.8, 4) is 6.07 Å². The molecule has 0 saturated heterocycles. The Kier molecular flexibility index (Phi) is 8.22. The van der Waals surface area contributed by atoms with Gasteiger partial charge in [0.25, 0.3) is 5.91 Å². The molecule has 0 atom stereocenters. The lowest BCUT2D eigenvalue weighted by Gasteiger charge is -2.08. The van der Waals surface area contributed by atoms with Gasteiger partial charge in [0.05, 0.1) is 6.61 Å².